The Morgan fingerprint density at radius 3 is 2.71 bits per heavy atom. The Bertz CT molecular complexity index is 525. The molecule has 2 rings (SSSR count). The molecule has 0 aliphatic carbocycles. The number of aliphatic hydroxyl groups excluding tert-OH is 1. The molecule has 0 saturated heterocycles. The summed E-state index contributed by atoms with van der Waals surface area (Å²) in [6, 6.07) is 6.01. The quantitative estimate of drug-likeness (QED) is 0.881. The molecule has 4 nitrogen and oxygen atoms in total. The van der Waals surface area contributed by atoms with Gasteiger partial charge in [-0.2, -0.15) is 5.10 Å². The average molecular weight is 236 g/mol. The van der Waals surface area contributed by atoms with Crippen LogP contribution in [0.2, 0.25) is 0 Å². The van der Waals surface area contributed by atoms with Gasteiger partial charge in [0.2, 0.25) is 0 Å². The second-order valence-corrected chi connectivity index (χ2v) is 3.67. The highest BCUT2D eigenvalue weighted by Crippen LogP contribution is 2.26. The maximum Gasteiger partial charge on any atom is 0.133 e. The topological polar surface area (TPSA) is 47.3 Å². The zero-order valence-corrected chi connectivity index (χ0v) is 9.59. The molecule has 0 radical (unpaired) electrons. The van der Waals surface area contributed by atoms with Gasteiger partial charge < -0.3 is 9.84 Å². The van der Waals surface area contributed by atoms with Gasteiger partial charge in [0.1, 0.15) is 17.7 Å². The Balaban J connectivity index is 2.38. The largest absolute Gasteiger partial charge is 0.497 e. The van der Waals surface area contributed by atoms with Gasteiger partial charge in [0.05, 0.1) is 12.8 Å². The maximum atomic E-state index is 13.7. The molecule has 17 heavy (non-hydrogen) atoms. The Labute approximate surface area is 98.3 Å². The molecule has 0 fully saturated rings. The molecule has 1 N–H and O–H groups in total. The summed E-state index contributed by atoms with van der Waals surface area (Å²) in [7, 11) is 3.16. The SMILES string of the molecule is COc1ccc(C(O)c2ccnn2C)c(F)c1. The number of rotatable bonds is 3. The van der Waals surface area contributed by atoms with Crippen LogP contribution in [0.3, 0.4) is 0 Å². The van der Waals surface area contributed by atoms with E-state index in [9.17, 15) is 9.50 Å². The van der Waals surface area contributed by atoms with E-state index in [1.165, 1.54) is 23.9 Å². The van der Waals surface area contributed by atoms with Gasteiger partial charge in [-0.15, -0.1) is 0 Å². The highest BCUT2D eigenvalue weighted by Gasteiger charge is 2.18. The van der Waals surface area contributed by atoms with Crippen molar-refractivity contribution >= 4 is 0 Å². The monoisotopic (exact) mass is 236 g/mol. The molecule has 1 aromatic heterocycles. The summed E-state index contributed by atoms with van der Waals surface area (Å²) in [6.45, 7) is 0. The summed E-state index contributed by atoms with van der Waals surface area (Å²) in [5.41, 5.74) is 0.739. The van der Waals surface area contributed by atoms with Crippen molar-refractivity contribution in [1.29, 1.82) is 0 Å². The molecule has 0 aliphatic rings. The van der Waals surface area contributed by atoms with E-state index in [0.717, 1.165) is 0 Å². The van der Waals surface area contributed by atoms with Crippen LogP contribution in [0.5, 0.6) is 5.75 Å². The first-order valence-corrected chi connectivity index (χ1v) is 5.13. The fourth-order valence-electron chi connectivity index (χ4n) is 1.67. The van der Waals surface area contributed by atoms with E-state index in [2.05, 4.69) is 5.10 Å². The van der Waals surface area contributed by atoms with Crippen LogP contribution in [0.15, 0.2) is 30.5 Å². The molecule has 0 amide bonds. The molecule has 2 aromatic rings. The van der Waals surface area contributed by atoms with Gasteiger partial charge in [-0.25, -0.2) is 4.39 Å². The Morgan fingerprint density at radius 2 is 2.18 bits per heavy atom. The van der Waals surface area contributed by atoms with Crippen molar-refractivity contribution in [3.63, 3.8) is 0 Å². The Hall–Kier alpha value is -1.88. The molecule has 0 saturated carbocycles. The van der Waals surface area contributed by atoms with Gasteiger partial charge in [-0.05, 0) is 18.2 Å². The van der Waals surface area contributed by atoms with Crippen LogP contribution in [0.4, 0.5) is 4.39 Å². The highest BCUT2D eigenvalue weighted by molar-refractivity contribution is 5.33. The maximum absolute atomic E-state index is 13.7. The van der Waals surface area contributed by atoms with E-state index in [1.54, 1.807) is 25.4 Å². The van der Waals surface area contributed by atoms with E-state index >= 15 is 0 Å². The van der Waals surface area contributed by atoms with Crippen LogP contribution in [-0.4, -0.2) is 22.0 Å². The van der Waals surface area contributed by atoms with Gasteiger partial charge >= 0.3 is 0 Å². The first-order valence-electron chi connectivity index (χ1n) is 5.13. The van der Waals surface area contributed by atoms with Crippen molar-refractivity contribution in [2.75, 3.05) is 7.11 Å². The second-order valence-electron chi connectivity index (χ2n) is 3.67. The van der Waals surface area contributed by atoms with Crippen LogP contribution >= 0.6 is 0 Å². The third-order valence-corrected chi connectivity index (χ3v) is 2.64. The smallest absolute Gasteiger partial charge is 0.133 e. The lowest BCUT2D eigenvalue weighted by atomic mass is 10.1. The number of hydrogen-bond acceptors (Lipinski definition) is 3. The van der Waals surface area contributed by atoms with Crippen LogP contribution < -0.4 is 4.74 Å². The number of hydrogen-bond donors (Lipinski definition) is 1. The predicted molar refractivity (Wildman–Crippen MR) is 60.2 cm³/mol. The van der Waals surface area contributed by atoms with Crippen molar-refractivity contribution in [1.82, 2.24) is 9.78 Å². The molecule has 90 valence electrons. The van der Waals surface area contributed by atoms with E-state index < -0.39 is 11.9 Å². The van der Waals surface area contributed by atoms with Crippen molar-refractivity contribution in [2.24, 2.45) is 7.05 Å². The van der Waals surface area contributed by atoms with E-state index in [1.807, 2.05) is 0 Å². The summed E-state index contributed by atoms with van der Waals surface area (Å²) in [5, 5.41) is 14.0. The predicted octanol–water partition coefficient (Wildman–Crippen LogP) is 1.65. The summed E-state index contributed by atoms with van der Waals surface area (Å²) >= 11 is 0. The van der Waals surface area contributed by atoms with Crippen LogP contribution in [0, 0.1) is 5.82 Å². The van der Waals surface area contributed by atoms with Crippen molar-refractivity contribution in [2.45, 2.75) is 6.10 Å². The second kappa shape index (κ2) is 4.55. The molecular formula is C12H13FN2O2. The molecule has 1 heterocycles. The summed E-state index contributed by atoms with van der Waals surface area (Å²) in [4.78, 5) is 0. The lowest BCUT2D eigenvalue weighted by Crippen LogP contribution is -2.08. The van der Waals surface area contributed by atoms with Crippen molar-refractivity contribution in [3.8, 4) is 5.75 Å². The highest BCUT2D eigenvalue weighted by atomic mass is 19.1. The van der Waals surface area contributed by atoms with E-state index in [0.29, 0.717) is 11.4 Å². The van der Waals surface area contributed by atoms with Gasteiger partial charge in [-0.1, -0.05) is 0 Å². The number of aliphatic hydroxyl groups is 1. The average Bonchev–Trinajstić information content (AvgIpc) is 2.74. The van der Waals surface area contributed by atoms with Crippen molar-refractivity contribution < 1.29 is 14.2 Å². The van der Waals surface area contributed by atoms with Gasteiger partial charge in [0, 0.05) is 24.9 Å². The number of aryl methyl sites for hydroxylation is 1. The minimum absolute atomic E-state index is 0.203. The normalized spacial score (nSPS) is 12.5. The third-order valence-electron chi connectivity index (χ3n) is 2.64. The molecule has 0 spiro atoms. The Morgan fingerprint density at radius 1 is 1.41 bits per heavy atom. The van der Waals surface area contributed by atoms with E-state index in [-0.39, 0.29) is 5.56 Å². The third kappa shape index (κ3) is 2.14. The van der Waals surface area contributed by atoms with Crippen LogP contribution in [0.1, 0.15) is 17.4 Å². The number of ether oxygens (including phenoxy) is 1. The lowest BCUT2D eigenvalue weighted by Gasteiger charge is -2.13. The fraction of sp³-hybridized carbons (Fsp3) is 0.250. The first-order chi connectivity index (χ1) is 8.13. The Kier molecular flexibility index (Phi) is 3.10. The number of aromatic nitrogens is 2. The lowest BCUT2D eigenvalue weighted by molar-refractivity contribution is 0.204. The zero-order valence-electron chi connectivity index (χ0n) is 9.59. The molecule has 5 heteroatoms. The van der Waals surface area contributed by atoms with Crippen LogP contribution in [-0.2, 0) is 7.05 Å². The van der Waals surface area contributed by atoms with Crippen LogP contribution in [0.25, 0.3) is 0 Å². The number of halogens is 1. The molecule has 1 aromatic carbocycles. The standard InChI is InChI=1S/C12H13FN2O2/c1-15-11(5-6-14-15)12(16)9-4-3-8(17-2)7-10(9)13/h3-7,12,16H,1-2H3. The summed E-state index contributed by atoms with van der Waals surface area (Å²) in [5.74, 6) is -0.0819. The molecule has 0 bridgehead atoms. The van der Waals surface area contributed by atoms with Gasteiger partial charge in [0.15, 0.2) is 0 Å². The van der Waals surface area contributed by atoms with Gasteiger partial charge in [0.25, 0.3) is 0 Å². The first kappa shape index (κ1) is 11.6. The van der Waals surface area contributed by atoms with Gasteiger partial charge in [-0.3, -0.25) is 4.68 Å². The van der Waals surface area contributed by atoms with E-state index in [4.69, 9.17) is 4.74 Å². The van der Waals surface area contributed by atoms with Crippen molar-refractivity contribution in [3.05, 3.63) is 47.5 Å². The molecule has 0 aliphatic heterocycles. The molecular weight excluding hydrogens is 223 g/mol. The molecule has 1 atom stereocenters. The number of nitrogens with zero attached hydrogens (tertiary/aromatic N) is 2. The summed E-state index contributed by atoms with van der Waals surface area (Å²) in [6.07, 6.45) is 0.522. The number of methoxy groups -OCH3 is 1. The molecule has 1 unspecified atom stereocenters. The summed E-state index contributed by atoms with van der Waals surface area (Å²) < 4.78 is 20.2. The zero-order chi connectivity index (χ0) is 12.4. The minimum Gasteiger partial charge on any atom is -0.497 e. The number of benzene rings is 1. The minimum atomic E-state index is -1.03. The fourth-order valence-corrected chi connectivity index (χ4v) is 1.67.